The first-order chi connectivity index (χ1) is 11.2. The Morgan fingerprint density at radius 1 is 1.29 bits per heavy atom. The van der Waals surface area contributed by atoms with Crippen LogP contribution in [0.25, 0.3) is 0 Å². The Hall–Kier alpha value is -2.34. The van der Waals surface area contributed by atoms with Crippen molar-refractivity contribution in [2.75, 3.05) is 5.32 Å². The second-order valence-corrected chi connectivity index (χ2v) is 6.73. The van der Waals surface area contributed by atoms with Gasteiger partial charge in [0.25, 0.3) is 5.56 Å². The molecule has 7 heteroatoms. The molecule has 1 aromatic carbocycles. The maximum atomic E-state index is 12.0. The molecule has 0 saturated heterocycles. The Bertz CT molecular complexity index is 792. The summed E-state index contributed by atoms with van der Waals surface area (Å²) in [6.45, 7) is 5.92. The van der Waals surface area contributed by atoms with E-state index in [4.69, 9.17) is 16.3 Å². The van der Waals surface area contributed by atoms with Gasteiger partial charge in [-0.2, -0.15) is 5.10 Å². The first-order valence-electron chi connectivity index (χ1n) is 7.45. The van der Waals surface area contributed by atoms with Crippen LogP contribution in [0.3, 0.4) is 0 Å². The van der Waals surface area contributed by atoms with E-state index >= 15 is 0 Å². The van der Waals surface area contributed by atoms with Crippen molar-refractivity contribution >= 4 is 23.3 Å². The van der Waals surface area contributed by atoms with Crippen molar-refractivity contribution in [2.45, 2.75) is 32.9 Å². The predicted octanol–water partition coefficient (Wildman–Crippen LogP) is 3.00. The molecule has 0 aliphatic rings. The quantitative estimate of drug-likeness (QED) is 0.859. The van der Waals surface area contributed by atoms with Gasteiger partial charge in [-0.25, -0.2) is 9.48 Å². The lowest BCUT2D eigenvalue weighted by atomic mass is 10.1. The number of carbonyl (C=O) groups excluding carboxylic acids is 1. The zero-order valence-electron chi connectivity index (χ0n) is 14.1. The number of nitrogens with one attached hydrogen (secondary N) is 1. The summed E-state index contributed by atoms with van der Waals surface area (Å²) in [6.07, 6.45) is 1.50. The number of benzene rings is 1. The highest BCUT2D eigenvalue weighted by molar-refractivity contribution is 6.32. The van der Waals surface area contributed by atoms with Crippen molar-refractivity contribution in [2.24, 2.45) is 7.05 Å². The number of hydrogen-bond donors (Lipinski definition) is 1. The number of nitrogens with zero attached hydrogens (tertiary/aromatic N) is 2. The molecule has 1 aromatic heterocycles. The second kappa shape index (κ2) is 7.05. The average Bonchev–Trinajstić information content (AvgIpc) is 2.51. The molecule has 128 valence electrons. The summed E-state index contributed by atoms with van der Waals surface area (Å²) in [5.74, 6) is -0.360. The summed E-state index contributed by atoms with van der Waals surface area (Å²) in [5, 5.41) is 7.07. The summed E-state index contributed by atoms with van der Waals surface area (Å²) < 4.78 is 6.49. The fraction of sp³-hybridized carbons (Fsp3) is 0.353. The van der Waals surface area contributed by atoms with Gasteiger partial charge >= 0.3 is 5.97 Å². The highest BCUT2D eigenvalue weighted by Gasteiger charge is 2.17. The summed E-state index contributed by atoms with van der Waals surface area (Å²) in [5.41, 5.74) is 1.000. The molecule has 6 nitrogen and oxygen atoms in total. The van der Waals surface area contributed by atoms with Crippen LogP contribution < -0.4 is 10.9 Å². The van der Waals surface area contributed by atoms with Gasteiger partial charge in [-0.05, 0) is 38.5 Å². The van der Waals surface area contributed by atoms with Crippen LogP contribution in [0.2, 0.25) is 5.02 Å². The van der Waals surface area contributed by atoms with Crippen molar-refractivity contribution < 1.29 is 9.53 Å². The van der Waals surface area contributed by atoms with Gasteiger partial charge in [0.15, 0.2) is 0 Å². The third kappa shape index (κ3) is 4.58. The van der Waals surface area contributed by atoms with Crippen LogP contribution in [-0.2, 0) is 18.3 Å². The van der Waals surface area contributed by atoms with E-state index in [-0.39, 0.29) is 16.6 Å². The highest BCUT2D eigenvalue weighted by Crippen LogP contribution is 2.17. The Kier molecular flexibility index (Phi) is 5.29. The van der Waals surface area contributed by atoms with Gasteiger partial charge in [0.1, 0.15) is 10.6 Å². The maximum absolute atomic E-state index is 12.0. The average molecular weight is 350 g/mol. The molecule has 2 rings (SSSR count). The first-order valence-corrected chi connectivity index (χ1v) is 7.83. The zero-order valence-corrected chi connectivity index (χ0v) is 14.8. The molecule has 1 heterocycles. The van der Waals surface area contributed by atoms with Gasteiger partial charge in [-0.1, -0.05) is 23.7 Å². The van der Waals surface area contributed by atoms with Crippen LogP contribution in [0.15, 0.2) is 35.3 Å². The minimum atomic E-state index is -0.527. The largest absolute Gasteiger partial charge is 0.456 e. The molecule has 0 amide bonds. The van der Waals surface area contributed by atoms with Crippen molar-refractivity contribution in [3.63, 3.8) is 0 Å². The fourth-order valence-electron chi connectivity index (χ4n) is 1.93. The van der Waals surface area contributed by atoms with Crippen molar-refractivity contribution in [3.8, 4) is 0 Å². The third-order valence-corrected chi connectivity index (χ3v) is 3.51. The molecule has 0 bridgehead atoms. The monoisotopic (exact) mass is 349 g/mol. The van der Waals surface area contributed by atoms with Gasteiger partial charge in [0.05, 0.1) is 17.4 Å². The third-order valence-electron chi connectivity index (χ3n) is 3.15. The lowest BCUT2D eigenvalue weighted by Crippen LogP contribution is -2.23. The van der Waals surface area contributed by atoms with Gasteiger partial charge in [-0.15, -0.1) is 0 Å². The normalized spacial score (nSPS) is 11.2. The van der Waals surface area contributed by atoms with Crippen molar-refractivity contribution in [1.82, 2.24) is 9.78 Å². The fourth-order valence-corrected chi connectivity index (χ4v) is 2.16. The molecule has 0 aliphatic heterocycles. The molecule has 0 fully saturated rings. The highest BCUT2D eigenvalue weighted by atomic mass is 35.5. The number of aryl methyl sites for hydroxylation is 1. The lowest BCUT2D eigenvalue weighted by Gasteiger charge is -2.19. The van der Waals surface area contributed by atoms with Crippen LogP contribution in [0.1, 0.15) is 36.7 Å². The lowest BCUT2D eigenvalue weighted by molar-refractivity contribution is 0.00695. The van der Waals surface area contributed by atoms with Crippen LogP contribution >= 0.6 is 11.6 Å². The minimum absolute atomic E-state index is 0.0953. The molecule has 0 radical (unpaired) electrons. The van der Waals surface area contributed by atoms with Gasteiger partial charge < -0.3 is 10.1 Å². The Balaban J connectivity index is 2.04. The van der Waals surface area contributed by atoms with E-state index in [1.807, 2.05) is 32.9 Å². The van der Waals surface area contributed by atoms with E-state index in [0.717, 1.165) is 5.56 Å². The topological polar surface area (TPSA) is 73.2 Å². The molecule has 0 unspecified atom stereocenters. The van der Waals surface area contributed by atoms with E-state index in [1.165, 1.54) is 17.9 Å². The smallest absolute Gasteiger partial charge is 0.338 e. The Morgan fingerprint density at radius 2 is 1.92 bits per heavy atom. The maximum Gasteiger partial charge on any atom is 0.338 e. The number of aromatic nitrogens is 2. The van der Waals surface area contributed by atoms with E-state index in [1.54, 1.807) is 12.1 Å². The molecule has 0 aliphatic carbocycles. The van der Waals surface area contributed by atoms with E-state index in [9.17, 15) is 9.59 Å². The standard InChI is InChI=1S/C17H20ClN3O3/c1-17(2,3)24-16(23)12-7-5-11(6-8-12)9-19-13-10-20-21(4)15(22)14(13)18/h5-8,10,19H,9H2,1-4H3. The Morgan fingerprint density at radius 3 is 2.50 bits per heavy atom. The molecular formula is C17H20ClN3O3. The van der Waals surface area contributed by atoms with Crippen LogP contribution in [0, 0.1) is 0 Å². The summed E-state index contributed by atoms with van der Waals surface area (Å²) in [4.78, 5) is 23.7. The number of carbonyl (C=O) groups is 1. The van der Waals surface area contributed by atoms with Crippen LogP contribution in [0.4, 0.5) is 5.69 Å². The van der Waals surface area contributed by atoms with Crippen LogP contribution in [-0.4, -0.2) is 21.4 Å². The van der Waals surface area contributed by atoms with Gasteiger partial charge in [0.2, 0.25) is 0 Å². The van der Waals surface area contributed by atoms with Crippen LogP contribution in [0.5, 0.6) is 0 Å². The van der Waals surface area contributed by atoms with Crippen molar-refractivity contribution in [3.05, 3.63) is 57.0 Å². The predicted molar refractivity (Wildman–Crippen MR) is 93.4 cm³/mol. The number of halogens is 1. The molecule has 24 heavy (non-hydrogen) atoms. The number of ether oxygens (including phenoxy) is 1. The molecule has 2 aromatic rings. The molecule has 0 atom stereocenters. The summed E-state index contributed by atoms with van der Waals surface area (Å²) >= 11 is 6.00. The Labute approximate surface area is 145 Å². The first kappa shape index (κ1) is 18.0. The van der Waals surface area contributed by atoms with E-state index in [2.05, 4.69) is 10.4 Å². The van der Waals surface area contributed by atoms with Crippen molar-refractivity contribution in [1.29, 1.82) is 0 Å². The number of anilines is 1. The number of rotatable bonds is 4. The summed E-state index contributed by atoms with van der Waals surface area (Å²) in [6, 6.07) is 7.03. The number of esters is 1. The summed E-state index contributed by atoms with van der Waals surface area (Å²) in [7, 11) is 1.54. The van der Waals surface area contributed by atoms with Gasteiger partial charge in [0, 0.05) is 13.6 Å². The molecule has 1 N–H and O–H groups in total. The van der Waals surface area contributed by atoms with Gasteiger partial charge in [-0.3, -0.25) is 4.79 Å². The second-order valence-electron chi connectivity index (χ2n) is 6.35. The van der Waals surface area contributed by atoms with E-state index < -0.39 is 5.60 Å². The SMILES string of the molecule is Cn1ncc(NCc2ccc(C(=O)OC(C)(C)C)cc2)c(Cl)c1=O. The minimum Gasteiger partial charge on any atom is -0.456 e. The van der Waals surface area contributed by atoms with E-state index in [0.29, 0.717) is 17.8 Å². The number of hydrogen-bond acceptors (Lipinski definition) is 5. The molecule has 0 spiro atoms. The molecular weight excluding hydrogens is 330 g/mol. The molecule has 0 saturated carbocycles. The zero-order chi connectivity index (χ0) is 17.9.